The van der Waals surface area contributed by atoms with E-state index in [0.717, 1.165) is 0 Å². The molecule has 10 heavy (non-hydrogen) atoms. The topological polar surface area (TPSA) is 0 Å². The summed E-state index contributed by atoms with van der Waals surface area (Å²) in [7, 11) is 0. The van der Waals surface area contributed by atoms with E-state index in [0.29, 0.717) is 0 Å². The third-order valence-corrected chi connectivity index (χ3v) is 1.53. The first-order valence-corrected chi connectivity index (χ1v) is 3.53. The predicted molar refractivity (Wildman–Crippen MR) is 45.8 cm³/mol. The van der Waals surface area contributed by atoms with Crippen LogP contribution in [-0.4, -0.2) is 0 Å². The van der Waals surface area contributed by atoms with Crippen molar-refractivity contribution in [2.75, 3.05) is 0 Å². The van der Waals surface area contributed by atoms with Crippen LogP contribution in [0.3, 0.4) is 0 Å². The zero-order valence-electron chi connectivity index (χ0n) is 6.46. The van der Waals surface area contributed by atoms with Gasteiger partial charge in [0, 0.05) is 0 Å². The highest BCUT2D eigenvalue weighted by atomic mass is 14.0. The molecule has 1 aliphatic carbocycles. The molecule has 0 heteroatoms. The molecule has 52 valence electrons. The number of hydrogen-bond donors (Lipinski definition) is 0. The van der Waals surface area contributed by atoms with Crippen molar-refractivity contribution in [1.82, 2.24) is 0 Å². The molecule has 1 aliphatic rings. The number of allylic oxidation sites excluding steroid dienone is 8. The van der Waals surface area contributed by atoms with E-state index in [1.54, 1.807) is 0 Å². The van der Waals surface area contributed by atoms with Crippen LogP contribution in [0.1, 0.15) is 13.8 Å². The zero-order chi connectivity index (χ0) is 7.40. The van der Waals surface area contributed by atoms with Crippen LogP contribution in [0, 0.1) is 0 Å². The Hall–Kier alpha value is -1.04. The number of rotatable bonds is 1. The van der Waals surface area contributed by atoms with E-state index < -0.39 is 0 Å². The molecule has 0 aromatic rings. The Bertz CT molecular complexity index is 210. The summed E-state index contributed by atoms with van der Waals surface area (Å²) in [4.78, 5) is 0. The van der Waals surface area contributed by atoms with E-state index in [1.165, 1.54) is 11.1 Å². The van der Waals surface area contributed by atoms with Gasteiger partial charge in [-0.1, -0.05) is 36.5 Å². The summed E-state index contributed by atoms with van der Waals surface area (Å²) in [5, 5.41) is 0. The average Bonchev–Trinajstić information content (AvgIpc) is 2.38. The lowest BCUT2D eigenvalue weighted by atomic mass is 10.1. The minimum absolute atomic E-state index is 1.32. The fourth-order valence-corrected chi connectivity index (χ4v) is 0.983. The van der Waals surface area contributed by atoms with Gasteiger partial charge in [0.1, 0.15) is 0 Å². The smallest absolute Gasteiger partial charge is 0.0227 e. The van der Waals surface area contributed by atoms with Crippen LogP contribution in [0.15, 0.2) is 47.6 Å². The summed E-state index contributed by atoms with van der Waals surface area (Å²) >= 11 is 0. The van der Waals surface area contributed by atoms with Crippen molar-refractivity contribution in [3.05, 3.63) is 47.6 Å². The molecule has 0 radical (unpaired) electrons. The van der Waals surface area contributed by atoms with Gasteiger partial charge >= 0.3 is 0 Å². The Labute approximate surface area is 62.3 Å². The lowest BCUT2D eigenvalue weighted by molar-refractivity contribution is 1.45. The molecule has 1 rings (SSSR count). The molecule has 0 bridgehead atoms. The molecule has 0 saturated carbocycles. The van der Waals surface area contributed by atoms with Crippen molar-refractivity contribution in [2.24, 2.45) is 0 Å². The fraction of sp³-hybridized carbons (Fsp3) is 0.200. The van der Waals surface area contributed by atoms with Crippen molar-refractivity contribution in [3.63, 3.8) is 0 Å². The highest BCUT2D eigenvalue weighted by Crippen LogP contribution is 2.13. The van der Waals surface area contributed by atoms with Gasteiger partial charge in [-0.15, -0.1) is 0 Å². The van der Waals surface area contributed by atoms with Crippen LogP contribution in [0.25, 0.3) is 0 Å². The van der Waals surface area contributed by atoms with Gasteiger partial charge in [0.05, 0.1) is 0 Å². The van der Waals surface area contributed by atoms with Gasteiger partial charge < -0.3 is 0 Å². The van der Waals surface area contributed by atoms with E-state index in [2.05, 4.69) is 43.4 Å². The van der Waals surface area contributed by atoms with E-state index in [9.17, 15) is 0 Å². The summed E-state index contributed by atoms with van der Waals surface area (Å²) in [5.74, 6) is 0. The maximum Gasteiger partial charge on any atom is -0.0227 e. The van der Waals surface area contributed by atoms with Crippen LogP contribution in [0.4, 0.5) is 0 Å². The normalized spacial score (nSPS) is 15.6. The van der Waals surface area contributed by atoms with Crippen LogP contribution < -0.4 is 0 Å². The van der Waals surface area contributed by atoms with E-state index in [1.807, 2.05) is 6.92 Å². The zero-order valence-corrected chi connectivity index (χ0v) is 6.46. The molecule has 0 N–H and O–H groups in total. The first kappa shape index (κ1) is 7.07. The van der Waals surface area contributed by atoms with E-state index >= 15 is 0 Å². The molecule has 0 aromatic heterocycles. The van der Waals surface area contributed by atoms with Crippen molar-refractivity contribution in [1.29, 1.82) is 0 Å². The molecule has 0 unspecified atom stereocenters. The molecule has 0 saturated heterocycles. The van der Waals surface area contributed by atoms with Gasteiger partial charge in [0.2, 0.25) is 0 Å². The van der Waals surface area contributed by atoms with Gasteiger partial charge in [-0.05, 0) is 25.0 Å². The highest BCUT2D eigenvalue weighted by Gasteiger charge is 1.93. The largest absolute Gasteiger partial charge is 0.0874 e. The van der Waals surface area contributed by atoms with Crippen LogP contribution in [0.2, 0.25) is 0 Å². The Kier molecular flexibility index (Phi) is 2.27. The van der Waals surface area contributed by atoms with Crippen LogP contribution in [0.5, 0.6) is 0 Å². The van der Waals surface area contributed by atoms with Crippen LogP contribution >= 0.6 is 0 Å². The Balaban J connectivity index is 2.85. The van der Waals surface area contributed by atoms with Crippen LogP contribution in [-0.2, 0) is 0 Å². The highest BCUT2D eigenvalue weighted by molar-refractivity contribution is 5.45. The standard InChI is InChI=1S/C10H12/c1-3-6-9(2)10-7-4-5-8-10/h3-8H,1-2H3. The van der Waals surface area contributed by atoms with Gasteiger partial charge in [-0.25, -0.2) is 0 Å². The molecule has 0 atom stereocenters. The lowest BCUT2D eigenvalue weighted by Crippen LogP contribution is -1.73. The summed E-state index contributed by atoms with van der Waals surface area (Å²) in [6, 6.07) is 0. The molecule has 0 aromatic carbocycles. The number of hydrogen-bond acceptors (Lipinski definition) is 0. The molecule has 0 spiro atoms. The molecular weight excluding hydrogens is 120 g/mol. The van der Waals surface area contributed by atoms with E-state index in [4.69, 9.17) is 0 Å². The predicted octanol–water partition coefficient (Wildman–Crippen LogP) is 3.01. The second-order valence-corrected chi connectivity index (χ2v) is 2.36. The van der Waals surface area contributed by atoms with Crippen molar-refractivity contribution in [2.45, 2.75) is 13.8 Å². The first-order valence-electron chi connectivity index (χ1n) is 3.53. The Morgan fingerprint density at radius 2 is 1.90 bits per heavy atom. The lowest BCUT2D eigenvalue weighted by Gasteiger charge is -1.93. The van der Waals surface area contributed by atoms with Gasteiger partial charge in [-0.3, -0.25) is 0 Å². The summed E-state index contributed by atoms with van der Waals surface area (Å²) in [6.45, 7) is 4.15. The van der Waals surface area contributed by atoms with Crippen molar-refractivity contribution in [3.8, 4) is 0 Å². The maximum absolute atomic E-state index is 2.12. The minimum atomic E-state index is 1.32. The van der Waals surface area contributed by atoms with E-state index in [-0.39, 0.29) is 0 Å². The Morgan fingerprint density at radius 1 is 1.30 bits per heavy atom. The summed E-state index contributed by atoms with van der Waals surface area (Å²) in [6.07, 6.45) is 12.5. The fourth-order valence-electron chi connectivity index (χ4n) is 0.983. The Morgan fingerprint density at radius 3 is 2.40 bits per heavy atom. The summed E-state index contributed by atoms with van der Waals surface area (Å²) < 4.78 is 0. The monoisotopic (exact) mass is 132 g/mol. The second-order valence-electron chi connectivity index (χ2n) is 2.36. The average molecular weight is 132 g/mol. The quantitative estimate of drug-likeness (QED) is 0.514. The van der Waals surface area contributed by atoms with Crippen molar-refractivity contribution >= 4 is 0 Å². The molecule has 0 nitrogen and oxygen atoms in total. The third kappa shape index (κ3) is 1.47. The second kappa shape index (κ2) is 3.21. The summed E-state index contributed by atoms with van der Waals surface area (Å²) in [5.41, 5.74) is 2.64. The third-order valence-electron chi connectivity index (χ3n) is 1.53. The van der Waals surface area contributed by atoms with Gasteiger partial charge in [0.15, 0.2) is 0 Å². The molecule has 0 aliphatic heterocycles. The SMILES string of the molecule is CC=CC(C)=C1C=CC=C1. The van der Waals surface area contributed by atoms with Gasteiger partial charge in [0.25, 0.3) is 0 Å². The van der Waals surface area contributed by atoms with Crippen molar-refractivity contribution < 1.29 is 0 Å². The maximum atomic E-state index is 2.12. The minimum Gasteiger partial charge on any atom is -0.0874 e. The molecular formula is C10H12. The molecule has 0 fully saturated rings. The van der Waals surface area contributed by atoms with Gasteiger partial charge in [-0.2, -0.15) is 0 Å². The molecule has 0 heterocycles. The first-order chi connectivity index (χ1) is 4.84. The molecule has 0 amide bonds.